The Bertz CT molecular complexity index is 310. The third-order valence-electron chi connectivity index (χ3n) is 2.75. The van der Waals surface area contributed by atoms with Gasteiger partial charge in [-0.1, -0.05) is 0 Å². The Morgan fingerprint density at radius 3 is 2.93 bits per heavy atom. The van der Waals surface area contributed by atoms with Crippen molar-refractivity contribution in [2.24, 2.45) is 5.84 Å². The highest BCUT2D eigenvalue weighted by atomic mass is 15.3. The fourth-order valence-electron chi connectivity index (χ4n) is 1.58. The standard InChI is InChI=1S/C9H15N5/c1-14(7-3-2-4-7)8-5-6-11-9(12-8)13-10/h5-7H,2-4,10H2,1H3,(H,11,12,13). The monoisotopic (exact) mass is 193 g/mol. The first kappa shape index (κ1) is 9.21. The molecule has 1 aromatic heterocycles. The van der Waals surface area contributed by atoms with Crippen LogP contribution >= 0.6 is 0 Å². The summed E-state index contributed by atoms with van der Waals surface area (Å²) in [6.45, 7) is 0. The largest absolute Gasteiger partial charge is 0.357 e. The molecule has 1 saturated carbocycles. The Balaban J connectivity index is 2.13. The number of aromatic nitrogens is 2. The van der Waals surface area contributed by atoms with E-state index in [-0.39, 0.29) is 0 Å². The topological polar surface area (TPSA) is 67.1 Å². The van der Waals surface area contributed by atoms with Crippen molar-refractivity contribution in [3.63, 3.8) is 0 Å². The van der Waals surface area contributed by atoms with Gasteiger partial charge in [0.2, 0.25) is 5.95 Å². The summed E-state index contributed by atoms with van der Waals surface area (Å²) in [5.41, 5.74) is 2.45. The molecule has 0 spiro atoms. The van der Waals surface area contributed by atoms with Crippen LogP contribution in [-0.2, 0) is 0 Å². The number of hydrogen-bond acceptors (Lipinski definition) is 5. The second kappa shape index (κ2) is 3.79. The summed E-state index contributed by atoms with van der Waals surface area (Å²) in [5.74, 6) is 6.64. The van der Waals surface area contributed by atoms with Gasteiger partial charge in [-0.3, -0.25) is 5.43 Å². The fraction of sp³-hybridized carbons (Fsp3) is 0.556. The molecule has 1 aliphatic rings. The summed E-state index contributed by atoms with van der Waals surface area (Å²) in [6.07, 6.45) is 5.55. The highest BCUT2D eigenvalue weighted by molar-refractivity contribution is 5.42. The van der Waals surface area contributed by atoms with Crippen LogP contribution in [-0.4, -0.2) is 23.1 Å². The number of nitrogen functional groups attached to an aromatic ring is 1. The molecule has 0 unspecified atom stereocenters. The number of hydrazine groups is 1. The number of anilines is 2. The van der Waals surface area contributed by atoms with Crippen LogP contribution in [0.4, 0.5) is 11.8 Å². The van der Waals surface area contributed by atoms with Gasteiger partial charge in [-0.2, -0.15) is 4.98 Å². The van der Waals surface area contributed by atoms with Gasteiger partial charge in [0.25, 0.3) is 0 Å². The van der Waals surface area contributed by atoms with Gasteiger partial charge in [0.05, 0.1) is 0 Å². The van der Waals surface area contributed by atoms with E-state index in [2.05, 4.69) is 27.3 Å². The predicted molar refractivity (Wildman–Crippen MR) is 55.9 cm³/mol. The third-order valence-corrected chi connectivity index (χ3v) is 2.75. The second-order valence-electron chi connectivity index (χ2n) is 3.58. The number of nitrogens with two attached hydrogens (primary N) is 1. The molecule has 1 aliphatic carbocycles. The van der Waals surface area contributed by atoms with E-state index in [9.17, 15) is 0 Å². The maximum Gasteiger partial charge on any atom is 0.239 e. The Hall–Kier alpha value is -1.36. The van der Waals surface area contributed by atoms with Gasteiger partial charge in [0, 0.05) is 19.3 Å². The molecule has 5 heteroatoms. The minimum Gasteiger partial charge on any atom is -0.357 e. The quantitative estimate of drug-likeness (QED) is 0.547. The molecule has 76 valence electrons. The average molecular weight is 193 g/mol. The molecule has 0 radical (unpaired) electrons. The van der Waals surface area contributed by atoms with Crippen LogP contribution in [0, 0.1) is 0 Å². The zero-order valence-corrected chi connectivity index (χ0v) is 8.27. The van der Waals surface area contributed by atoms with Crippen molar-refractivity contribution in [1.82, 2.24) is 9.97 Å². The molecule has 0 bridgehead atoms. The highest BCUT2D eigenvalue weighted by Gasteiger charge is 2.22. The Morgan fingerprint density at radius 1 is 1.57 bits per heavy atom. The highest BCUT2D eigenvalue weighted by Crippen LogP contribution is 2.26. The number of nitrogens with one attached hydrogen (secondary N) is 1. The van der Waals surface area contributed by atoms with E-state index in [1.807, 2.05) is 6.07 Å². The minimum absolute atomic E-state index is 0.466. The van der Waals surface area contributed by atoms with E-state index >= 15 is 0 Å². The summed E-state index contributed by atoms with van der Waals surface area (Å²) in [6, 6.07) is 2.54. The zero-order chi connectivity index (χ0) is 9.97. The van der Waals surface area contributed by atoms with Crippen molar-refractivity contribution in [2.45, 2.75) is 25.3 Å². The van der Waals surface area contributed by atoms with Crippen LogP contribution in [0.3, 0.4) is 0 Å². The van der Waals surface area contributed by atoms with Crippen molar-refractivity contribution in [1.29, 1.82) is 0 Å². The normalized spacial score (nSPS) is 16.1. The Kier molecular flexibility index (Phi) is 2.49. The average Bonchev–Trinajstić information content (AvgIpc) is 2.15. The van der Waals surface area contributed by atoms with Crippen LogP contribution < -0.4 is 16.2 Å². The summed E-state index contributed by atoms with van der Waals surface area (Å²) >= 11 is 0. The van der Waals surface area contributed by atoms with Crippen molar-refractivity contribution < 1.29 is 0 Å². The van der Waals surface area contributed by atoms with Gasteiger partial charge >= 0.3 is 0 Å². The Morgan fingerprint density at radius 2 is 2.36 bits per heavy atom. The molecule has 1 fully saturated rings. The van der Waals surface area contributed by atoms with Gasteiger partial charge in [0.15, 0.2) is 0 Å². The summed E-state index contributed by atoms with van der Waals surface area (Å²) in [5, 5.41) is 0. The van der Waals surface area contributed by atoms with Crippen LogP contribution in [0.15, 0.2) is 12.3 Å². The van der Waals surface area contributed by atoms with E-state index in [4.69, 9.17) is 5.84 Å². The summed E-state index contributed by atoms with van der Waals surface area (Å²) in [7, 11) is 2.06. The lowest BCUT2D eigenvalue weighted by atomic mass is 9.92. The van der Waals surface area contributed by atoms with Gasteiger partial charge in [-0.15, -0.1) is 0 Å². The Labute approximate surface area is 83.3 Å². The summed E-state index contributed by atoms with van der Waals surface area (Å²) in [4.78, 5) is 10.4. The molecule has 2 rings (SSSR count). The number of nitrogens with zero attached hydrogens (tertiary/aromatic N) is 3. The van der Waals surface area contributed by atoms with Gasteiger partial charge in [-0.25, -0.2) is 10.8 Å². The van der Waals surface area contributed by atoms with Gasteiger partial charge in [-0.05, 0) is 25.3 Å². The van der Waals surface area contributed by atoms with Gasteiger partial charge < -0.3 is 4.90 Å². The lowest BCUT2D eigenvalue weighted by Crippen LogP contribution is -2.37. The minimum atomic E-state index is 0.466. The molecule has 1 aromatic rings. The fourth-order valence-corrected chi connectivity index (χ4v) is 1.58. The zero-order valence-electron chi connectivity index (χ0n) is 8.27. The smallest absolute Gasteiger partial charge is 0.239 e. The first-order valence-electron chi connectivity index (χ1n) is 4.84. The van der Waals surface area contributed by atoms with Crippen molar-refractivity contribution in [2.75, 3.05) is 17.4 Å². The SMILES string of the molecule is CN(c1ccnc(NN)n1)C1CCC1. The van der Waals surface area contributed by atoms with Gasteiger partial charge in [0.1, 0.15) is 5.82 Å². The van der Waals surface area contributed by atoms with Crippen molar-refractivity contribution in [3.05, 3.63) is 12.3 Å². The van der Waals surface area contributed by atoms with E-state index in [1.165, 1.54) is 19.3 Å². The third kappa shape index (κ3) is 1.63. The second-order valence-corrected chi connectivity index (χ2v) is 3.58. The number of hydrogen-bond donors (Lipinski definition) is 2. The first-order valence-corrected chi connectivity index (χ1v) is 4.84. The summed E-state index contributed by atoms with van der Waals surface area (Å²) < 4.78 is 0. The lowest BCUT2D eigenvalue weighted by molar-refractivity contribution is 0.399. The van der Waals surface area contributed by atoms with Crippen LogP contribution in [0.5, 0.6) is 0 Å². The van der Waals surface area contributed by atoms with Crippen LogP contribution in [0.2, 0.25) is 0 Å². The molecule has 0 aliphatic heterocycles. The molecule has 0 amide bonds. The van der Waals surface area contributed by atoms with Crippen molar-refractivity contribution >= 4 is 11.8 Å². The molecule has 0 saturated heterocycles. The molecular weight excluding hydrogens is 178 g/mol. The van der Waals surface area contributed by atoms with E-state index in [0.717, 1.165) is 5.82 Å². The van der Waals surface area contributed by atoms with E-state index < -0.39 is 0 Å². The molecule has 0 atom stereocenters. The molecule has 3 N–H and O–H groups in total. The van der Waals surface area contributed by atoms with Crippen LogP contribution in [0.1, 0.15) is 19.3 Å². The van der Waals surface area contributed by atoms with E-state index in [1.54, 1.807) is 6.20 Å². The molecular formula is C9H15N5. The number of rotatable bonds is 3. The predicted octanol–water partition coefficient (Wildman–Crippen LogP) is 0.751. The maximum absolute atomic E-state index is 5.25. The lowest BCUT2D eigenvalue weighted by Gasteiger charge is -2.35. The van der Waals surface area contributed by atoms with Crippen LogP contribution in [0.25, 0.3) is 0 Å². The maximum atomic E-state index is 5.25. The first-order chi connectivity index (χ1) is 6.81. The molecule has 1 heterocycles. The van der Waals surface area contributed by atoms with E-state index in [0.29, 0.717) is 12.0 Å². The molecule has 0 aromatic carbocycles. The molecule has 14 heavy (non-hydrogen) atoms. The van der Waals surface area contributed by atoms with Crippen molar-refractivity contribution in [3.8, 4) is 0 Å². The molecule has 5 nitrogen and oxygen atoms in total.